The lowest BCUT2D eigenvalue weighted by molar-refractivity contribution is -0.102. The van der Waals surface area contributed by atoms with E-state index in [0.29, 0.717) is 0 Å². The van der Waals surface area contributed by atoms with Gasteiger partial charge in [-0.1, -0.05) is 18.2 Å². The van der Waals surface area contributed by atoms with Gasteiger partial charge in [0, 0.05) is 0 Å². The lowest BCUT2D eigenvalue weighted by Gasteiger charge is -2.03. The SMILES string of the molecule is O=S(=O)(OOc1nc(Cl)nc(Cl)n1)c1ccccc1. The molecule has 2 rings (SSSR count). The Balaban J connectivity index is 2.14. The number of nitrogens with zero attached hydrogens (tertiary/aromatic N) is 3. The summed E-state index contributed by atoms with van der Waals surface area (Å²) >= 11 is 11.0. The normalized spacial score (nSPS) is 11.3. The maximum Gasteiger partial charge on any atom is 0.360 e. The molecule has 2 aromatic rings. The van der Waals surface area contributed by atoms with Gasteiger partial charge in [-0.05, 0) is 39.7 Å². The highest BCUT2D eigenvalue weighted by atomic mass is 35.5. The molecule has 0 bridgehead atoms. The molecule has 0 atom stereocenters. The predicted molar refractivity (Wildman–Crippen MR) is 65.2 cm³/mol. The molecule has 7 nitrogen and oxygen atoms in total. The number of benzene rings is 1. The van der Waals surface area contributed by atoms with E-state index in [2.05, 4.69) is 24.2 Å². The van der Waals surface area contributed by atoms with Crippen LogP contribution in [0.25, 0.3) is 0 Å². The first-order valence-corrected chi connectivity index (χ1v) is 6.87. The third kappa shape index (κ3) is 3.74. The van der Waals surface area contributed by atoms with Crippen molar-refractivity contribution in [1.29, 1.82) is 0 Å². The third-order valence-electron chi connectivity index (χ3n) is 1.79. The first-order valence-electron chi connectivity index (χ1n) is 4.71. The summed E-state index contributed by atoms with van der Waals surface area (Å²) in [4.78, 5) is 14.8. The number of hydrogen-bond donors (Lipinski definition) is 0. The van der Waals surface area contributed by atoms with Crippen molar-refractivity contribution in [2.24, 2.45) is 0 Å². The van der Waals surface area contributed by atoms with Gasteiger partial charge in [0.05, 0.1) is 4.90 Å². The zero-order valence-electron chi connectivity index (χ0n) is 9.03. The Bertz CT molecular complexity index is 661. The van der Waals surface area contributed by atoms with Crippen LogP contribution < -0.4 is 4.89 Å². The molecule has 0 saturated carbocycles. The van der Waals surface area contributed by atoms with E-state index in [1.165, 1.54) is 24.3 Å². The Hall–Kier alpha value is -1.48. The number of hydrogen-bond acceptors (Lipinski definition) is 7. The molecule has 100 valence electrons. The first-order chi connectivity index (χ1) is 8.97. The fourth-order valence-electron chi connectivity index (χ4n) is 1.05. The molecule has 0 aliphatic rings. The second kappa shape index (κ2) is 5.66. The molecule has 1 heterocycles. The highest BCUT2D eigenvalue weighted by Gasteiger charge is 2.18. The molecular weight excluding hydrogens is 317 g/mol. The monoisotopic (exact) mass is 321 g/mol. The molecule has 19 heavy (non-hydrogen) atoms. The average molecular weight is 322 g/mol. The van der Waals surface area contributed by atoms with Crippen LogP contribution in [-0.4, -0.2) is 23.4 Å². The molecule has 0 fully saturated rings. The van der Waals surface area contributed by atoms with Gasteiger partial charge < -0.3 is 0 Å². The second-order valence-electron chi connectivity index (χ2n) is 3.07. The standard InChI is InChI=1S/C9H5Cl2N3O4S/c10-7-12-8(11)14-9(13-7)17-18-19(15,16)6-4-2-1-3-5-6/h1-5H. The van der Waals surface area contributed by atoms with Crippen LogP contribution in [0.5, 0.6) is 6.01 Å². The van der Waals surface area contributed by atoms with Crippen LogP contribution in [0, 0.1) is 0 Å². The Morgan fingerprint density at radius 1 is 0.947 bits per heavy atom. The molecule has 0 radical (unpaired) electrons. The predicted octanol–water partition coefficient (Wildman–Crippen LogP) is 1.88. The van der Waals surface area contributed by atoms with Gasteiger partial charge in [-0.15, -0.1) is 0 Å². The maximum absolute atomic E-state index is 11.7. The molecule has 0 aliphatic carbocycles. The quantitative estimate of drug-likeness (QED) is 0.627. The zero-order valence-corrected chi connectivity index (χ0v) is 11.4. The molecule has 0 N–H and O–H groups in total. The van der Waals surface area contributed by atoms with Crippen LogP contribution in [0.3, 0.4) is 0 Å². The Kier molecular flexibility index (Phi) is 4.15. The van der Waals surface area contributed by atoms with E-state index in [-0.39, 0.29) is 15.5 Å². The van der Waals surface area contributed by atoms with E-state index in [4.69, 9.17) is 23.2 Å². The lowest BCUT2D eigenvalue weighted by atomic mass is 10.4. The zero-order chi connectivity index (χ0) is 13.9. The van der Waals surface area contributed by atoms with Crippen LogP contribution in [0.1, 0.15) is 0 Å². The van der Waals surface area contributed by atoms with E-state index >= 15 is 0 Å². The molecule has 1 aromatic carbocycles. The summed E-state index contributed by atoms with van der Waals surface area (Å²) < 4.78 is 27.7. The highest BCUT2D eigenvalue weighted by molar-refractivity contribution is 7.86. The van der Waals surface area contributed by atoms with Crippen molar-refractivity contribution in [2.45, 2.75) is 4.90 Å². The van der Waals surface area contributed by atoms with Crippen molar-refractivity contribution in [2.75, 3.05) is 0 Å². The fourth-order valence-corrected chi connectivity index (χ4v) is 2.12. The highest BCUT2D eigenvalue weighted by Crippen LogP contribution is 2.15. The molecule has 10 heteroatoms. The fraction of sp³-hybridized carbons (Fsp3) is 0. The summed E-state index contributed by atoms with van der Waals surface area (Å²) in [7, 11) is -4.09. The lowest BCUT2D eigenvalue weighted by Crippen LogP contribution is -2.11. The smallest absolute Gasteiger partial charge is 0.278 e. The van der Waals surface area contributed by atoms with E-state index < -0.39 is 16.1 Å². The Labute approximate surface area is 118 Å². The van der Waals surface area contributed by atoms with Gasteiger partial charge in [0.25, 0.3) is 0 Å². The summed E-state index contributed by atoms with van der Waals surface area (Å²) in [6.45, 7) is 0. The van der Waals surface area contributed by atoms with Crippen molar-refractivity contribution in [3.05, 3.63) is 40.9 Å². The third-order valence-corrected chi connectivity index (χ3v) is 3.23. The minimum Gasteiger partial charge on any atom is -0.278 e. The summed E-state index contributed by atoms with van der Waals surface area (Å²) in [5.74, 6) is 0. The van der Waals surface area contributed by atoms with E-state index in [9.17, 15) is 8.42 Å². The van der Waals surface area contributed by atoms with Crippen LogP contribution >= 0.6 is 23.2 Å². The molecule has 0 unspecified atom stereocenters. The molecule has 0 saturated heterocycles. The van der Waals surface area contributed by atoms with Crippen molar-refractivity contribution < 1.29 is 17.6 Å². The van der Waals surface area contributed by atoms with Gasteiger partial charge in [0.2, 0.25) is 10.6 Å². The summed E-state index contributed by atoms with van der Waals surface area (Å²) in [6, 6.07) is 6.94. The van der Waals surface area contributed by atoms with Gasteiger partial charge in [-0.2, -0.15) is 23.4 Å². The van der Waals surface area contributed by atoms with Crippen molar-refractivity contribution >= 4 is 33.3 Å². The summed E-state index contributed by atoms with van der Waals surface area (Å²) in [5.41, 5.74) is 0. The van der Waals surface area contributed by atoms with Gasteiger partial charge in [0.1, 0.15) is 0 Å². The molecule has 0 amide bonds. The van der Waals surface area contributed by atoms with Gasteiger partial charge in [-0.25, -0.2) is 0 Å². The summed E-state index contributed by atoms with van der Waals surface area (Å²) in [6.07, 6.45) is 0. The van der Waals surface area contributed by atoms with E-state index in [0.717, 1.165) is 0 Å². The number of rotatable bonds is 4. The Morgan fingerprint density at radius 2 is 1.53 bits per heavy atom. The average Bonchev–Trinajstić information content (AvgIpc) is 2.37. The van der Waals surface area contributed by atoms with Crippen LogP contribution in [-0.2, 0) is 14.5 Å². The van der Waals surface area contributed by atoms with Crippen LogP contribution in [0.2, 0.25) is 10.6 Å². The molecule has 0 spiro atoms. The second-order valence-corrected chi connectivity index (χ2v) is 5.27. The minimum atomic E-state index is -4.09. The summed E-state index contributed by atoms with van der Waals surface area (Å²) in [5, 5.41) is -0.508. The molecule has 1 aromatic heterocycles. The van der Waals surface area contributed by atoms with Crippen molar-refractivity contribution in [3.63, 3.8) is 0 Å². The van der Waals surface area contributed by atoms with Crippen LogP contribution in [0.4, 0.5) is 0 Å². The first kappa shape index (κ1) is 13.9. The van der Waals surface area contributed by atoms with Gasteiger partial charge >= 0.3 is 16.1 Å². The maximum atomic E-state index is 11.7. The van der Waals surface area contributed by atoms with Crippen molar-refractivity contribution in [3.8, 4) is 6.01 Å². The molecule has 0 aliphatic heterocycles. The van der Waals surface area contributed by atoms with E-state index in [1.54, 1.807) is 6.07 Å². The van der Waals surface area contributed by atoms with Crippen molar-refractivity contribution in [1.82, 2.24) is 15.0 Å². The van der Waals surface area contributed by atoms with Gasteiger partial charge in [-0.3, -0.25) is 4.89 Å². The molecular formula is C9H5Cl2N3O4S. The number of aromatic nitrogens is 3. The topological polar surface area (TPSA) is 91.3 Å². The van der Waals surface area contributed by atoms with Gasteiger partial charge in [0.15, 0.2) is 0 Å². The van der Waals surface area contributed by atoms with Crippen LogP contribution in [0.15, 0.2) is 35.2 Å². The van der Waals surface area contributed by atoms with E-state index in [1.807, 2.05) is 0 Å². The number of halogens is 2. The Morgan fingerprint density at radius 3 is 2.11 bits per heavy atom. The minimum absolute atomic E-state index is 0.0822. The largest absolute Gasteiger partial charge is 0.360 e.